The summed E-state index contributed by atoms with van der Waals surface area (Å²) in [5, 5.41) is 0. The van der Waals surface area contributed by atoms with Crippen molar-refractivity contribution in [2.75, 3.05) is 0 Å². The lowest BCUT2D eigenvalue weighted by molar-refractivity contribution is 0.347. The molecule has 0 fully saturated rings. The zero-order valence-corrected chi connectivity index (χ0v) is 8.86. The van der Waals surface area contributed by atoms with E-state index >= 15 is 0 Å². The lowest BCUT2D eigenvalue weighted by Gasteiger charge is -2.18. The topological polar surface area (TPSA) is 30.7 Å². The number of fused-ring (bicyclic) bond motifs is 1. The third-order valence-electron chi connectivity index (χ3n) is 2.02. The Balaban J connectivity index is 2.44. The fourth-order valence-electron chi connectivity index (χ4n) is 1.52. The molecule has 2 heterocycles. The van der Waals surface area contributed by atoms with Crippen LogP contribution in [0.2, 0.25) is 0 Å². The predicted molar refractivity (Wildman–Crippen MR) is 57.0 cm³/mol. The molecule has 0 amide bonds. The Kier molecular flexibility index (Phi) is 2.02. The van der Waals surface area contributed by atoms with Gasteiger partial charge < -0.3 is 4.57 Å². The number of aromatic nitrogens is 3. The summed E-state index contributed by atoms with van der Waals surface area (Å²) in [6.45, 7) is 7.58. The maximum Gasteiger partial charge on any atom is 0.159 e. The zero-order chi connectivity index (χ0) is 10.2. The molecule has 0 radical (unpaired) electrons. The number of pyridine rings is 1. The molecule has 0 bridgehead atoms. The number of imidazole rings is 1. The number of hydrogen-bond donors (Lipinski definition) is 0. The summed E-state index contributed by atoms with van der Waals surface area (Å²) in [6.07, 6.45) is 3.67. The van der Waals surface area contributed by atoms with Crippen LogP contribution in [0, 0.1) is 5.41 Å². The van der Waals surface area contributed by atoms with Crippen LogP contribution in [-0.2, 0) is 6.54 Å². The molecule has 14 heavy (non-hydrogen) atoms. The molecule has 3 nitrogen and oxygen atoms in total. The third-order valence-corrected chi connectivity index (χ3v) is 2.02. The van der Waals surface area contributed by atoms with Crippen molar-refractivity contribution < 1.29 is 0 Å². The normalized spacial score (nSPS) is 12.2. The lowest BCUT2D eigenvalue weighted by Crippen LogP contribution is -2.14. The molecule has 0 spiro atoms. The van der Waals surface area contributed by atoms with Crippen molar-refractivity contribution in [1.29, 1.82) is 0 Å². The molecular weight excluding hydrogens is 174 g/mol. The predicted octanol–water partition coefficient (Wildman–Crippen LogP) is 2.48. The highest BCUT2D eigenvalue weighted by Gasteiger charge is 2.13. The van der Waals surface area contributed by atoms with E-state index in [9.17, 15) is 0 Å². The van der Waals surface area contributed by atoms with Crippen molar-refractivity contribution in [2.24, 2.45) is 5.41 Å². The van der Waals surface area contributed by atoms with Gasteiger partial charge in [0.1, 0.15) is 5.52 Å². The molecule has 2 aromatic rings. The van der Waals surface area contributed by atoms with Gasteiger partial charge >= 0.3 is 0 Å². The number of hydrogen-bond acceptors (Lipinski definition) is 2. The maximum absolute atomic E-state index is 4.33. The summed E-state index contributed by atoms with van der Waals surface area (Å²) in [6, 6.07) is 3.90. The Bertz CT molecular complexity index is 437. The van der Waals surface area contributed by atoms with Gasteiger partial charge in [-0.05, 0) is 17.5 Å². The summed E-state index contributed by atoms with van der Waals surface area (Å²) in [4.78, 5) is 8.63. The molecule has 0 atom stereocenters. The Morgan fingerprint density at radius 2 is 2.07 bits per heavy atom. The second-order valence-corrected chi connectivity index (χ2v) is 4.78. The van der Waals surface area contributed by atoms with E-state index in [4.69, 9.17) is 0 Å². The minimum atomic E-state index is 0.255. The van der Waals surface area contributed by atoms with Gasteiger partial charge in [-0.15, -0.1) is 0 Å². The minimum absolute atomic E-state index is 0.255. The van der Waals surface area contributed by atoms with Gasteiger partial charge in [-0.3, -0.25) is 0 Å². The Morgan fingerprint density at radius 1 is 1.29 bits per heavy atom. The van der Waals surface area contributed by atoms with Crippen molar-refractivity contribution in [3.63, 3.8) is 0 Å². The van der Waals surface area contributed by atoms with Gasteiger partial charge in [0.25, 0.3) is 0 Å². The lowest BCUT2D eigenvalue weighted by atomic mass is 9.97. The first kappa shape index (κ1) is 9.19. The first-order valence-electron chi connectivity index (χ1n) is 4.82. The van der Waals surface area contributed by atoms with Crippen LogP contribution in [0.25, 0.3) is 11.2 Å². The average molecular weight is 189 g/mol. The second-order valence-electron chi connectivity index (χ2n) is 4.78. The van der Waals surface area contributed by atoms with Crippen molar-refractivity contribution in [1.82, 2.24) is 14.5 Å². The fourth-order valence-corrected chi connectivity index (χ4v) is 1.52. The van der Waals surface area contributed by atoms with Crippen LogP contribution in [0.1, 0.15) is 20.8 Å². The van der Waals surface area contributed by atoms with E-state index in [1.165, 1.54) is 0 Å². The molecular formula is C11H15N3. The number of rotatable bonds is 1. The van der Waals surface area contributed by atoms with Crippen molar-refractivity contribution in [3.05, 3.63) is 24.7 Å². The van der Waals surface area contributed by atoms with Gasteiger partial charge in [0, 0.05) is 12.7 Å². The molecule has 74 valence electrons. The van der Waals surface area contributed by atoms with Crippen LogP contribution in [0.15, 0.2) is 24.7 Å². The van der Waals surface area contributed by atoms with Gasteiger partial charge in [0.15, 0.2) is 5.65 Å². The maximum atomic E-state index is 4.33. The van der Waals surface area contributed by atoms with Gasteiger partial charge in [0.2, 0.25) is 0 Å². The summed E-state index contributed by atoms with van der Waals surface area (Å²) in [5.74, 6) is 0. The smallest absolute Gasteiger partial charge is 0.159 e. The molecule has 0 saturated carbocycles. The monoisotopic (exact) mass is 189 g/mol. The summed E-state index contributed by atoms with van der Waals surface area (Å²) in [7, 11) is 0. The van der Waals surface area contributed by atoms with E-state index in [1.54, 1.807) is 0 Å². The van der Waals surface area contributed by atoms with Crippen LogP contribution in [-0.4, -0.2) is 14.5 Å². The zero-order valence-electron chi connectivity index (χ0n) is 8.86. The SMILES string of the molecule is CC(C)(C)Cn1cnc2cccnc21. The van der Waals surface area contributed by atoms with Gasteiger partial charge in [0.05, 0.1) is 6.33 Å². The molecule has 0 aliphatic carbocycles. The van der Waals surface area contributed by atoms with Gasteiger partial charge in [-0.1, -0.05) is 20.8 Å². The molecule has 0 aliphatic rings. The number of nitrogens with zero attached hydrogens (tertiary/aromatic N) is 3. The highest BCUT2D eigenvalue weighted by Crippen LogP contribution is 2.19. The van der Waals surface area contributed by atoms with E-state index in [0.717, 1.165) is 17.7 Å². The van der Waals surface area contributed by atoms with E-state index in [1.807, 2.05) is 24.7 Å². The fraction of sp³-hybridized carbons (Fsp3) is 0.455. The van der Waals surface area contributed by atoms with Crippen molar-refractivity contribution >= 4 is 11.2 Å². The molecule has 2 rings (SSSR count). The Morgan fingerprint density at radius 3 is 2.79 bits per heavy atom. The Labute approximate surface area is 83.8 Å². The third kappa shape index (κ3) is 1.76. The van der Waals surface area contributed by atoms with Crippen LogP contribution in [0.5, 0.6) is 0 Å². The molecule has 3 heteroatoms. The standard InChI is InChI=1S/C11H15N3/c1-11(2,3)7-14-8-13-9-5-4-6-12-10(9)14/h4-6,8H,7H2,1-3H3. The van der Waals surface area contributed by atoms with E-state index in [0.29, 0.717) is 0 Å². The second kappa shape index (κ2) is 3.08. The molecule has 0 N–H and O–H groups in total. The molecule has 0 saturated heterocycles. The Hall–Kier alpha value is -1.38. The van der Waals surface area contributed by atoms with E-state index < -0.39 is 0 Å². The minimum Gasteiger partial charge on any atom is -0.315 e. The van der Waals surface area contributed by atoms with Crippen LogP contribution in [0.4, 0.5) is 0 Å². The van der Waals surface area contributed by atoms with Crippen LogP contribution in [0.3, 0.4) is 0 Å². The molecule has 0 unspecified atom stereocenters. The summed E-state index contributed by atoms with van der Waals surface area (Å²) < 4.78 is 2.11. The van der Waals surface area contributed by atoms with Crippen molar-refractivity contribution in [3.8, 4) is 0 Å². The van der Waals surface area contributed by atoms with Gasteiger partial charge in [-0.2, -0.15) is 0 Å². The largest absolute Gasteiger partial charge is 0.315 e. The first-order chi connectivity index (χ1) is 6.56. The molecule has 0 aliphatic heterocycles. The molecule has 0 aromatic carbocycles. The van der Waals surface area contributed by atoms with Crippen LogP contribution < -0.4 is 0 Å². The van der Waals surface area contributed by atoms with Crippen LogP contribution >= 0.6 is 0 Å². The van der Waals surface area contributed by atoms with Gasteiger partial charge in [-0.25, -0.2) is 9.97 Å². The highest BCUT2D eigenvalue weighted by atomic mass is 15.1. The highest BCUT2D eigenvalue weighted by molar-refractivity contribution is 5.69. The summed E-state index contributed by atoms with van der Waals surface area (Å²) >= 11 is 0. The molecule has 2 aromatic heterocycles. The summed E-state index contributed by atoms with van der Waals surface area (Å²) in [5.41, 5.74) is 2.20. The average Bonchev–Trinajstić information content (AvgIpc) is 2.47. The quantitative estimate of drug-likeness (QED) is 0.690. The van der Waals surface area contributed by atoms with E-state index in [-0.39, 0.29) is 5.41 Å². The van der Waals surface area contributed by atoms with E-state index in [2.05, 4.69) is 35.3 Å². The van der Waals surface area contributed by atoms with Crippen molar-refractivity contribution in [2.45, 2.75) is 27.3 Å². The first-order valence-corrected chi connectivity index (χ1v) is 4.82.